The molecule has 2 N–H and O–H groups in total. The number of nitrogens with one attached hydrogen (secondary N) is 2. The molecule has 0 bridgehead atoms. The van der Waals surface area contributed by atoms with E-state index in [1.54, 1.807) is 42.5 Å². The van der Waals surface area contributed by atoms with Crippen LogP contribution in [-0.2, 0) is 19.7 Å². The van der Waals surface area contributed by atoms with Crippen LogP contribution in [0, 0.1) is 0 Å². The van der Waals surface area contributed by atoms with E-state index in [-0.39, 0.29) is 12.0 Å². The molecule has 152 valence electrons. The van der Waals surface area contributed by atoms with Crippen LogP contribution in [0.5, 0.6) is 0 Å². The highest BCUT2D eigenvalue weighted by Gasteiger charge is 2.16. The van der Waals surface area contributed by atoms with E-state index in [0.29, 0.717) is 11.1 Å². The van der Waals surface area contributed by atoms with Crippen molar-refractivity contribution >= 4 is 23.7 Å². The lowest BCUT2D eigenvalue weighted by atomic mass is 9.87. The topological polar surface area (TPSA) is 102 Å². The Morgan fingerprint density at radius 3 is 2.00 bits per heavy atom. The van der Waals surface area contributed by atoms with E-state index < -0.39 is 30.3 Å². The van der Waals surface area contributed by atoms with Gasteiger partial charge in [0.05, 0.1) is 0 Å². The van der Waals surface area contributed by atoms with Crippen LogP contribution in [-0.4, -0.2) is 36.8 Å². The van der Waals surface area contributed by atoms with Gasteiger partial charge in [0.25, 0.3) is 17.7 Å². The van der Waals surface area contributed by atoms with Gasteiger partial charge >= 0.3 is 5.97 Å². The number of esters is 1. The molecule has 7 nitrogen and oxygen atoms in total. The summed E-state index contributed by atoms with van der Waals surface area (Å²) < 4.78 is 4.77. The Hall–Kier alpha value is -3.48. The van der Waals surface area contributed by atoms with Gasteiger partial charge in [-0.05, 0) is 35.2 Å². The average Bonchev–Trinajstić information content (AvgIpc) is 2.70. The lowest BCUT2D eigenvalue weighted by molar-refractivity contribution is -0.147. The highest BCUT2D eigenvalue weighted by atomic mass is 16.5. The molecular formula is C22H24N2O5. The van der Waals surface area contributed by atoms with E-state index in [4.69, 9.17) is 4.74 Å². The van der Waals surface area contributed by atoms with Crippen molar-refractivity contribution in [2.24, 2.45) is 0 Å². The highest BCUT2D eigenvalue weighted by Crippen LogP contribution is 2.22. The summed E-state index contributed by atoms with van der Waals surface area (Å²) in [5.41, 5.74) is 1.79. The molecule has 2 rings (SSSR count). The van der Waals surface area contributed by atoms with Gasteiger partial charge in [-0.1, -0.05) is 51.1 Å². The third-order valence-corrected chi connectivity index (χ3v) is 4.06. The minimum atomic E-state index is -0.785. The first-order valence-electron chi connectivity index (χ1n) is 9.10. The number of amides is 3. The molecule has 0 fully saturated rings. The van der Waals surface area contributed by atoms with Crippen molar-refractivity contribution in [1.82, 2.24) is 10.6 Å². The molecular weight excluding hydrogens is 372 g/mol. The number of hydrogen-bond acceptors (Lipinski definition) is 5. The van der Waals surface area contributed by atoms with Crippen molar-refractivity contribution in [3.05, 3.63) is 71.3 Å². The zero-order valence-electron chi connectivity index (χ0n) is 16.7. The first-order valence-corrected chi connectivity index (χ1v) is 9.10. The van der Waals surface area contributed by atoms with Gasteiger partial charge in [0.2, 0.25) is 0 Å². The summed E-state index contributed by atoms with van der Waals surface area (Å²) in [6.45, 7) is 5.21. The van der Waals surface area contributed by atoms with Crippen molar-refractivity contribution in [2.45, 2.75) is 26.2 Å². The van der Waals surface area contributed by atoms with E-state index in [0.717, 1.165) is 5.56 Å². The lowest BCUT2D eigenvalue weighted by Gasteiger charge is -2.19. The third kappa shape index (κ3) is 6.88. The van der Waals surface area contributed by atoms with Gasteiger partial charge in [-0.2, -0.15) is 0 Å². The SMILES string of the molecule is CC(C)(C)c1ccc(C(=O)NCC(=O)OCC(=O)NC(=O)c2ccccc2)cc1. The van der Waals surface area contributed by atoms with E-state index in [2.05, 4.69) is 31.4 Å². The maximum atomic E-state index is 12.1. The Morgan fingerprint density at radius 2 is 1.41 bits per heavy atom. The second-order valence-electron chi connectivity index (χ2n) is 7.41. The van der Waals surface area contributed by atoms with Crippen molar-refractivity contribution in [2.75, 3.05) is 13.2 Å². The molecule has 0 aromatic heterocycles. The predicted molar refractivity (Wildman–Crippen MR) is 107 cm³/mol. The summed E-state index contributed by atoms with van der Waals surface area (Å²) in [4.78, 5) is 47.4. The minimum absolute atomic E-state index is 0.0265. The zero-order chi connectivity index (χ0) is 21.4. The van der Waals surface area contributed by atoms with Gasteiger partial charge in [-0.25, -0.2) is 0 Å². The predicted octanol–water partition coefficient (Wildman–Crippen LogP) is 2.21. The van der Waals surface area contributed by atoms with Crippen LogP contribution in [0.25, 0.3) is 0 Å². The van der Waals surface area contributed by atoms with Gasteiger partial charge in [0, 0.05) is 11.1 Å². The molecule has 0 radical (unpaired) electrons. The normalized spacial score (nSPS) is 10.7. The summed E-state index contributed by atoms with van der Waals surface area (Å²) >= 11 is 0. The molecule has 3 amide bonds. The molecule has 0 spiro atoms. The number of hydrogen-bond donors (Lipinski definition) is 2. The van der Waals surface area contributed by atoms with Crippen LogP contribution in [0.2, 0.25) is 0 Å². The van der Waals surface area contributed by atoms with Gasteiger partial charge in [-0.3, -0.25) is 24.5 Å². The van der Waals surface area contributed by atoms with E-state index in [1.165, 1.54) is 0 Å². The molecule has 0 aliphatic heterocycles. The second-order valence-corrected chi connectivity index (χ2v) is 7.41. The zero-order valence-corrected chi connectivity index (χ0v) is 16.7. The number of carbonyl (C=O) groups excluding carboxylic acids is 4. The van der Waals surface area contributed by atoms with Crippen LogP contribution in [0.1, 0.15) is 47.1 Å². The van der Waals surface area contributed by atoms with Crippen LogP contribution in [0.3, 0.4) is 0 Å². The smallest absolute Gasteiger partial charge is 0.325 e. The Labute approximate surface area is 169 Å². The first kappa shape index (κ1) is 21.8. The monoisotopic (exact) mass is 396 g/mol. The molecule has 29 heavy (non-hydrogen) atoms. The summed E-state index contributed by atoms with van der Waals surface area (Å²) in [6.07, 6.45) is 0. The van der Waals surface area contributed by atoms with Crippen LogP contribution < -0.4 is 10.6 Å². The number of rotatable bonds is 6. The number of carbonyl (C=O) groups is 4. The average molecular weight is 396 g/mol. The van der Waals surface area contributed by atoms with Crippen LogP contribution in [0.4, 0.5) is 0 Å². The number of ether oxygens (including phenoxy) is 1. The molecule has 0 atom stereocenters. The fraction of sp³-hybridized carbons (Fsp3) is 0.273. The molecule has 0 aliphatic carbocycles. The van der Waals surface area contributed by atoms with Crippen molar-refractivity contribution in [1.29, 1.82) is 0 Å². The summed E-state index contributed by atoms with van der Waals surface area (Å²) in [7, 11) is 0. The molecule has 0 heterocycles. The summed E-state index contributed by atoms with van der Waals surface area (Å²) in [5, 5.41) is 4.55. The van der Waals surface area contributed by atoms with Gasteiger partial charge < -0.3 is 10.1 Å². The van der Waals surface area contributed by atoms with Crippen LogP contribution >= 0.6 is 0 Å². The third-order valence-electron chi connectivity index (χ3n) is 4.06. The highest BCUT2D eigenvalue weighted by molar-refractivity contribution is 6.05. The Kier molecular flexibility index (Phi) is 7.25. The van der Waals surface area contributed by atoms with E-state index in [9.17, 15) is 19.2 Å². The first-order chi connectivity index (χ1) is 13.7. The summed E-state index contributed by atoms with van der Waals surface area (Å²) in [5.74, 6) is -2.55. The largest absolute Gasteiger partial charge is 0.454 e. The van der Waals surface area contributed by atoms with Gasteiger partial charge in [0.1, 0.15) is 6.54 Å². The Balaban J connectivity index is 1.74. The van der Waals surface area contributed by atoms with Gasteiger partial charge in [-0.15, -0.1) is 0 Å². The quantitative estimate of drug-likeness (QED) is 0.729. The van der Waals surface area contributed by atoms with Crippen LogP contribution in [0.15, 0.2) is 54.6 Å². The standard InChI is InChI=1S/C22H24N2O5/c1-22(2,3)17-11-9-16(10-12-17)20(27)23-13-19(26)29-14-18(25)24-21(28)15-7-5-4-6-8-15/h4-12H,13-14H2,1-3H3,(H,23,27)(H,24,25,28). The molecule has 2 aromatic carbocycles. The second kappa shape index (κ2) is 9.64. The molecule has 0 aliphatic rings. The van der Waals surface area contributed by atoms with E-state index >= 15 is 0 Å². The molecule has 7 heteroatoms. The van der Waals surface area contributed by atoms with E-state index in [1.807, 2.05) is 12.1 Å². The molecule has 0 unspecified atom stereocenters. The number of benzene rings is 2. The Bertz CT molecular complexity index is 884. The summed E-state index contributed by atoms with van der Waals surface area (Å²) in [6, 6.07) is 15.3. The van der Waals surface area contributed by atoms with Crippen molar-refractivity contribution in [3.8, 4) is 0 Å². The Morgan fingerprint density at radius 1 is 0.828 bits per heavy atom. The maximum Gasteiger partial charge on any atom is 0.325 e. The maximum absolute atomic E-state index is 12.1. The molecule has 2 aromatic rings. The molecule has 0 saturated heterocycles. The fourth-order valence-corrected chi connectivity index (χ4v) is 2.40. The van der Waals surface area contributed by atoms with Crippen molar-refractivity contribution in [3.63, 3.8) is 0 Å². The van der Waals surface area contributed by atoms with Gasteiger partial charge in [0.15, 0.2) is 6.61 Å². The lowest BCUT2D eigenvalue weighted by Crippen LogP contribution is -2.36. The molecule has 0 saturated carbocycles. The van der Waals surface area contributed by atoms with Crippen molar-refractivity contribution < 1.29 is 23.9 Å². The minimum Gasteiger partial charge on any atom is -0.454 e. The number of imide groups is 1. The fourth-order valence-electron chi connectivity index (χ4n) is 2.40.